The summed E-state index contributed by atoms with van der Waals surface area (Å²) in [5.74, 6) is -0.702. The number of benzene rings is 1. The molecule has 0 fully saturated rings. The van der Waals surface area contributed by atoms with Crippen LogP contribution in [0.3, 0.4) is 0 Å². The summed E-state index contributed by atoms with van der Waals surface area (Å²) >= 11 is 6.99. The molecule has 1 aliphatic carbocycles. The number of hydrogen-bond donors (Lipinski definition) is 1. The van der Waals surface area contributed by atoms with E-state index in [2.05, 4.69) is 21.4 Å². The lowest BCUT2D eigenvalue weighted by Gasteiger charge is -2.15. The van der Waals surface area contributed by atoms with Gasteiger partial charge < -0.3 is 10.1 Å². The Morgan fingerprint density at radius 1 is 1.34 bits per heavy atom. The molecule has 1 N–H and O–H groups in total. The van der Waals surface area contributed by atoms with Gasteiger partial charge in [0.1, 0.15) is 5.75 Å². The van der Waals surface area contributed by atoms with E-state index in [1.54, 1.807) is 0 Å². The maximum atomic E-state index is 12.8. The largest absolute Gasteiger partial charge is 0.495 e. The molecule has 32 heavy (non-hydrogen) atoms. The van der Waals surface area contributed by atoms with E-state index in [9.17, 15) is 18.0 Å². The fraction of sp³-hybridized carbons (Fsp3) is 0.429. The lowest BCUT2D eigenvalue weighted by atomic mass is 9.97. The number of halogens is 1. The van der Waals surface area contributed by atoms with Crippen molar-refractivity contribution in [2.75, 3.05) is 19.4 Å². The third-order valence-electron chi connectivity index (χ3n) is 5.04. The Kier molecular flexibility index (Phi) is 8.50. The number of allylic oxidation sites excluding steroid dienone is 1. The fourth-order valence-electron chi connectivity index (χ4n) is 3.31. The van der Waals surface area contributed by atoms with Crippen LogP contribution in [0.25, 0.3) is 0 Å². The second-order valence-electron chi connectivity index (χ2n) is 7.27. The van der Waals surface area contributed by atoms with E-state index in [1.807, 2.05) is 0 Å². The molecule has 2 aliphatic rings. The van der Waals surface area contributed by atoms with E-state index in [1.165, 1.54) is 43.7 Å². The van der Waals surface area contributed by atoms with Gasteiger partial charge in [-0.15, -0.1) is 0 Å². The third-order valence-corrected chi connectivity index (χ3v) is 8.10. The van der Waals surface area contributed by atoms with Gasteiger partial charge in [-0.05, 0) is 50.3 Å². The van der Waals surface area contributed by atoms with Crippen LogP contribution >= 0.6 is 23.4 Å². The molecule has 1 aromatic rings. The minimum atomic E-state index is -4.08. The molecule has 1 unspecified atom stereocenters. The SMILES string of the molecule is COc1ccc(S(=O)(=O)C2C=NC(SCC(=O)NCCC3=CCCCC3)=NC2=O)cc1Cl. The van der Waals surface area contributed by atoms with Gasteiger partial charge in [-0.3, -0.25) is 9.59 Å². The highest BCUT2D eigenvalue weighted by Crippen LogP contribution is 2.29. The Morgan fingerprint density at radius 3 is 2.81 bits per heavy atom. The third kappa shape index (κ3) is 6.20. The van der Waals surface area contributed by atoms with Crippen molar-refractivity contribution >= 4 is 56.4 Å². The van der Waals surface area contributed by atoms with Gasteiger partial charge in [0.05, 0.1) is 22.8 Å². The summed E-state index contributed by atoms with van der Waals surface area (Å²) in [6.45, 7) is 0.560. The molecule has 1 atom stereocenters. The highest BCUT2D eigenvalue weighted by Gasteiger charge is 2.35. The summed E-state index contributed by atoms with van der Waals surface area (Å²) in [5, 5.41) is 1.46. The average molecular weight is 498 g/mol. The molecule has 8 nitrogen and oxygen atoms in total. The quantitative estimate of drug-likeness (QED) is 0.551. The van der Waals surface area contributed by atoms with Gasteiger partial charge in [-0.2, -0.15) is 4.99 Å². The smallest absolute Gasteiger partial charge is 0.272 e. The number of methoxy groups -OCH3 is 1. The van der Waals surface area contributed by atoms with Crippen molar-refractivity contribution in [3.8, 4) is 5.75 Å². The number of ether oxygens (including phenoxy) is 1. The van der Waals surface area contributed by atoms with E-state index in [0.29, 0.717) is 12.3 Å². The Balaban J connectivity index is 1.52. The molecule has 0 saturated heterocycles. The van der Waals surface area contributed by atoms with Crippen LogP contribution in [-0.2, 0) is 19.4 Å². The maximum Gasteiger partial charge on any atom is 0.272 e. The van der Waals surface area contributed by atoms with Gasteiger partial charge in [0.25, 0.3) is 5.91 Å². The Labute approximate surface area is 196 Å². The van der Waals surface area contributed by atoms with Crippen molar-refractivity contribution < 1.29 is 22.7 Å². The number of aliphatic imine (C=N–C) groups is 2. The Morgan fingerprint density at radius 2 is 2.16 bits per heavy atom. The van der Waals surface area contributed by atoms with E-state index in [4.69, 9.17) is 16.3 Å². The topological polar surface area (TPSA) is 114 Å². The molecule has 0 spiro atoms. The molecular formula is C21H24ClN3O5S2. The molecule has 1 heterocycles. The zero-order valence-electron chi connectivity index (χ0n) is 17.5. The van der Waals surface area contributed by atoms with Crippen molar-refractivity contribution in [1.82, 2.24) is 5.32 Å². The minimum absolute atomic E-state index is 0.0357. The second-order valence-corrected chi connectivity index (χ2v) is 10.7. The van der Waals surface area contributed by atoms with E-state index in [-0.39, 0.29) is 26.7 Å². The molecule has 0 bridgehead atoms. The van der Waals surface area contributed by atoms with Crippen molar-refractivity contribution in [2.45, 2.75) is 42.2 Å². The number of hydrogen-bond acceptors (Lipinski definition) is 7. The molecule has 0 radical (unpaired) electrons. The molecule has 3 rings (SSSR count). The lowest BCUT2D eigenvalue weighted by molar-refractivity contribution is -0.118. The van der Waals surface area contributed by atoms with Gasteiger partial charge in [-0.1, -0.05) is 35.0 Å². The van der Waals surface area contributed by atoms with Crippen LogP contribution in [0, 0.1) is 0 Å². The first-order valence-corrected chi connectivity index (χ1v) is 13.0. The first-order chi connectivity index (χ1) is 15.3. The van der Waals surface area contributed by atoms with Gasteiger partial charge in [0.15, 0.2) is 20.3 Å². The zero-order chi connectivity index (χ0) is 23.1. The summed E-state index contributed by atoms with van der Waals surface area (Å²) in [6, 6.07) is 3.94. The number of rotatable bonds is 8. The number of carbonyl (C=O) groups is 2. The van der Waals surface area contributed by atoms with E-state index >= 15 is 0 Å². The Hall–Kier alpha value is -2.17. The molecular weight excluding hydrogens is 474 g/mol. The number of nitrogens with one attached hydrogen (secondary N) is 1. The van der Waals surface area contributed by atoms with Crippen LogP contribution in [0.1, 0.15) is 32.1 Å². The molecule has 0 saturated carbocycles. The number of amidine groups is 1. The first-order valence-electron chi connectivity index (χ1n) is 10.1. The minimum Gasteiger partial charge on any atom is -0.495 e. The van der Waals surface area contributed by atoms with Crippen LogP contribution in [-0.4, -0.2) is 56.3 Å². The predicted molar refractivity (Wildman–Crippen MR) is 127 cm³/mol. The second kappa shape index (κ2) is 11.1. The predicted octanol–water partition coefficient (Wildman–Crippen LogP) is 3.20. The highest BCUT2D eigenvalue weighted by atomic mass is 35.5. The number of amides is 2. The molecule has 0 aromatic heterocycles. The summed E-state index contributed by atoms with van der Waals surface area (Å²) in [7, 11) is -2.66. The van der Waals surface area contributed by atoms with Gasteiger partial charge in [-0.25, -0.2) is 13.4 Å². The number of nitrogens with zero attached hydrogens (tertiary/aromatic N) is 2. The first kappa shape index (κ1) is 24.5. The van der Waals surface area contributed by atoms with Crippen LogP contribution in [0.15, 0.2) is 44.7 Å². The number of carbonyl (C=O) groups excluding carboxylic acids is 2. The normalized spacial score (nSPS) is 18.7. The molecule has 2 amide bonds. The molecule has 1 aliphatic heterocycles. The van der Waals surface area contributed by atoms with Crippen LogP contribution in [0.2, 0.25) is 5.02 Å². The molecule has 11 heteroatoms. The standard InChI is InChI=1S/C21H24ClN3O5S2/c1-30-17-8-7-15(11-16(17)22)32(28,29)18-12-24-21(25-20(18)27)31-13-19(26)23-10-9-14-5-3-2-4-6-14/h5,7-8,11-12,18H,2-4,6,9-10,13H2,1H3,(H,23,26). The van der Waals surface area contributed by atoms with Gasteiger partial charge >= 0.3 is 0 Å². The van der Waals surface area contributed by atoms with Crippen LogP contribution < -0.4 is 10.1 Å². The lowest BCUT2D eigenvalue weighted by Crippen LogP contribution is -2.34. The van der Waals surface area contributed by atoms with Crippen molar-refractivity contribution in [2.24, 2.45) is 9.98 Å². The molecule has 1 aromatic carbocycles. The summed E-state index contributed by atoms with van der Waals surface area (Å²) in [6.07, 6.45) is 8.74. The van der Waals surface area contributed by atoms with Crippen molar-refractivity contribution in [3.05, 3.63) is 34.9 Å². The monoisotopic (exact) mass is 497 g/mol. The van der Waals surface area contributed by atoms with Crippen molar-refractivity contribution in [1.29, 1.82) is 0 Å². The van der Waals surface area contributed by atoms with E-state index in [0.717, 1.165) is 37.2 Å². The zero-order valence-corrected chi connectivity index (χ0v) is 19.9. The van der Waals surface area contributed by atoms with Gasteiger partial charge in [0.2, 0.25) is 5.91 Å². The maximum absolute atomic E-state index is 12.8. The Bertz CT molecular complexity index is 1080. The highest BCUT2D eigenvalue weighted by molar-refractivity contribution is 8.14. The number of thioether (sulfide) groups is 1. The number of sulfone groups is 1. The summed E-state index contributed by atoms with van der Waals surface area (Å²) in [5.41, 5.74) is 1.38. The summed E-state index contributed by atoms with van der Waals surface area (Å²) in [4.78, 5) is 32.0. The van der Waals surface area contributed by atoms with Crippen molar-refractivity contribution in [3.63, 3.8) is 0 Å². The molecule has 172 valence electrons. The van der Waals surface area contributed by atoms with Crippen LogP contribution in [0.5, 0.6) is 5.75 Å². The fourth-order valence-corrected chi connectivity index (χ4v) is 5.66. The average Bonchev–Trinajstić information content (AvgIpc) is 2.78. The summed E-state index contributed by atoms with van der Waals surface area (Å²) < 4.78 is 30.6. The van der Waals surface area contributed by atoms with Gasteiger partial charge in [0, 0.05) is 12.8 Å². The van der Waals surface area contributed by atoms with E-state index < -0.39 is 21.0 Å². The van der Waals surface area contributed by atoms with Crippen LogP contribution in [0.4, 0.5) is 0 Å².